The molecule has 2 rings (SSSR count). The van der Waals surface area contributed by atoms with Crippen molar-refractivity contribution < 1.29 is 0 Å². The van der Waals surface area contributed by atoms with Crippen LogP contribution in [0.4, 0.5) is 5.69 Å². The summed E-state index contributed by atoms with van der Waals surface area (Å²) in [4.78, 5) is 11.4. The molecular weight excluding hydrogens is 282 g/mol. The van der Waals surface area contributed by atoms with Gasteiger partial charge in [0, 0.05) is 6.04 Å². The number of anilines is 1. The van der Waals surface area contributed by atoms with Crippen LogP contribution >= 0.6 is 15.9 Å². The van der Waals surface area contributed by atoms with Crippen molar-refractivity contribution in [3.05, 3.63) is 21.0 Å². The minimum atomic E-state index is -0.183. The van der Waals surface area contributed by atoms with Gasteiger partial charge >= 0.3 is 0 Å². The van der Waals surface area contributed by atoms with Crippen LogP contribution in [-0.4, -0.2) is 16.2 Å². The van der Waals surface area contributed by atoms with E-state index in [1.54, 1.807) is 6.20 Å². The van der Waals surface area contributed by atoms with Gasteiger partial charge in [-0.2, -0.15) is 5.10 Å². The molecule has 0 atom stereocenters. The number of rotatable bonds is 3. The molecule has 5 heteroatoms. The number of aromatic nitrogens is 2. The van der Waals surface area contributed by atoms with Crippen molar-refractivity contribution in [2.24, 2.45) is 5.92 Å². The summed E-state index contributed by atoms with van der Waals surface area (Å²) < 4.78 is 0.546. The molecule has 0 aliphatic heterocycles. The zero-order valence-corrected chi connectivity index (χ0v) is 11.6. The van der Waals surface area contributed by atoms with Gasteiger partial charge in [0.15, 0.2) is 0 Å². The summed E-state index contributed by atoms with van der Waals surface area (Å²) in [7, 11) is 0. The number of hydrogen-bond donors (Lipinski definition) is 2. The van der Waals surface area contributed by atoms with Gasteiger partial charge in [-0.05, 0) is 47.5 Å². The van der Waals surface area contributed by atoms with Crippen molar-refractivity contribution in [1.82, 2.24) is 10.2 Å². The molecule has 94 valence electrons. The van der Waals surface area contributed by atoms with Crippen LogP contribution in [0.15, 0.2) is 15.5 Å². The summed E-state index contributed by atoms with van der Waals surface area (Å²) in [5.41, 5.74) is 0.617. The van der Waals surface area contributed by atoms with Gasteiger partial charge in [0.25, 0.3) is 5.56 Å². The molecule has 0 spiro atoms. The molecule has 0 unspecified atom stereocenters. The molecule has 0 amide bonds. The van der Waals surface area contributed by atoms with Crippen molar-refractivity contribution in [2.75, 3.05) is 5.32 Å². The minimum absolute atomic E-state index is 0.183. The number of halogens is 1. The van der Waals surface area contributed by atoms with Gasteiger partial charge in [0.1, 0.15) is 4.47 Å². The fourth-order valence-corrected chi connectivity index (χ4v) is 2.72. The SMILES string of the molecule is CCC1CCC(Nc2cn[nH]c(=O)c2Br)CC1. The summed E-state index contributed by atoms with van der Waals surface area (Å²) in [5, 5.41) is 9.62. The topological polar surface area (TPSA) is 57.8 Å². The van der Waals surface area contributed by atoms with Gasteiger partial charge in [-0.3, -0.25) is 4.79 Å². The van der Waals surface area contributed by atoms with Crippen LogP contribution in [0.5, 0.6) is 0 Å². The molecule has 1 aromatic rings. The van der Waals surface area contributed by atoms with Crippen LogP contribution < -0.4 is 10.9 Å². The zero-order chi connectivity index (χ0) is 12.3. The van der Waals surface area contributed by atoms with E-state index in [0.717, 1.165) is 11.6 Å². The van der Waals surface area contributed by atoms with Crippen molar-refractivity contribution in [3.63, 3.8) is 0 Å². The van der Waals surface area contributed by atoms with Crippen LogP contribution in [0.1, 0.15) is 39.0 Å². The third-order valence-corrected chi connectivity index (χ3v) is 4.37. The third-order valence-electron chi connectivity index (χ3n) is 3.58. The quantitative estimate of drug-likeness (QED) is 0.902. The van der Waals surface area contributed by atoms with Crippen molar-refractivity contribution >= 4 is 21.6 Å². The predicted octanol–water partition coefficient (Wildman–Crippen LogP) is 2.91. The highest BCUT2D eigenvalue weighted by Gasteiger charge is 2.20. The Hall–Kier alpha value is -0.840. The molecule has 0 bridgehead atoms. The first-order valence-corrected chi connectivity index (χ1v) is 6.99. The molecule has 1 fully saturated rings. The van der Waals surface area contributed by atoms with Crippen LogP contribution in [0.2, 0.25) is 0 Å². The number of aromatic amines is 1. The van der Waals surface area contributed by atoms with Gasteiger partial charge < -0.3 is 5.32 Å². The Bertz CT molecular complexity index is 424. The second-order valence-corrected chi connectivity index (χ2v) is 5.49. The lowest BCUT2D eigenvalue weighted by atomic mass is 9.84. The molecule has 1 aromatic heterocycles. The van der Waals surface area contributed by atoms with E-state index in [1.165, 1.54) is 32.1 Å². The average Bonchev–Trinajstić information content (AvgIpc) is 2.36. The summed E-state index contributed by atoms with van der Waals surface area (Å²) in [6.45, 7) is 2.26. The number of nitrogens with one attached hydrogen (secondary N) is 2. The standard InChI is InChI=1S/C12H18BrN3O/c1-2-8-3-5-9(6-4-8)15-10-7-14-16-12(17)11(10)13/h7-9H,2-6H2,1H3,(H2,15,16,17). The minimum Gasteiger partial charge on any atom is -0.380 e. The highest BCUT2D eigenvalue weighted by Crippen LogP contribution is 2.29. The Balaban J connectivity index is 1.98. The molecule has 0 aromatic carbocycles. The molecule has 0 radical (unpaired) electrons. The van der Waals surface area contributed by atoms with Gasteiger partial charge in [-0.1, -0.05) is 13.3 Å². The fraction of sp³-hybridized carbons (Fsp3) is 0.667. The normalized spacial score (nSPS) is 24.6. The Morgan fingerprint density at radius 2 is 2.18 bits per heavy atom. The molecule has 17 heavy (non-hydrogen) atoms. The van der Waals surface area contributed by atoms with E-state index >= 15 is 0 Å². The molecule has 1 aliphatic carbocycles. The lowest BCUT2D eigenvalue weighted by molar-refractivity contribution is 0.330. The molecule has 1 saturated carbocycles. The van der Waals surface area contributed by atoms with Crippen molar-refractivity contribution in [1.29, 1.82) is 0 Å². The maximum atomic E-state index is 11.4. The van der Waals surface area contributed by atoms with E-state index in [4.69, 9.17) is 0 Å². The second-order valence-electron chi connectivity index (χ2n) is 4.70. The van der Waals surface area contributed by atoms with E-state index < -0.39 is 0 Å². The van der Waals surface area contributed by atoms with Crippen LogP contribution in [0, 0.1) is 5.92 Å². The van der Waals surface area contributed by atoms with Crippen LogP contribution in [-0.2, 0) is 0 Å². The number of H-pyrrole nitrogens is 1. The first-order valence-electron chi connectivity index (χ1n) is 6.20. The highest BCUT2D eigenvalue weighted by atomic mass is 79.9. The third kappa shape index (κ3) is 3.09. The average molecular weight is 300 g/mol. The Labute approximate surface area is 109 Å². The van der Waals surface area contributed by atoms with Gasteiger partial charge in [-0.15, -0.1) is 0 Å². The smallest absolute Gasteiger partial charge is 0.280 e. The first-order chi connectivity index (χ1) is 8.20. The van der Waals surface area contributed by atoms with E-state index in [9.17, 15) is 4.79 Å². The van der Waals surface area contributed by atoms with Crippen LogP contribution in [0.25, 0.3) is 0 Å². The van der Waals surface area contributed by atoms with Crippen molar-refractivity contribution in [2.45, 2.75) is 45.1 Å². The number of nitrogens with zero attached hydrogens (tertiary/aromatic N) is 1. The van der Waals surface area contributed by atoms with E-state index in [-0.39, 0.29) is 5.56 Å². The highest BCUT2D eigenvalue weighted by molar-refractivity contribution is 9.10. The fourth-order valence-electron chi connectivity index (χ4n) is 2.42. The molecule has 0 saturated heterocycles. The van der Waals surface area contributed by atoms with E-state index in [0.29, 0.717) is 10.5 Å². The largest absolute Gasteiger partial charge is 0.380 e. The summed E-state index contributed by atoms with van der Waals surface area (Å²) in [6, 6.07) is 0.470. The predicted molar refractivity (Wildman–Crippen MR) is 72.2 cm³/mol. The number of hydrogen-bond acceptors (Lipinski definition) is 3. The molecule has 4 nitrogen and oxygen atoms in total. The zero-order valence-electron chi connectivity index (χ0n) is 10.0. The lowest BCUT2D eigenvalue weighted by Gasteiger charge is -2.29. The second kappa shape index (κ2) is 5.67. The summed E-state index contributed by atoms with van der Waals surface area (Å²) in [5.74, 6) is 0.883. The molecule has 1 aliphatic rings. The lowest BCUT2D eigenvalue weighted by Crippen LogP contribution is -2.27. The van der Waals surface area contributed by atoms with Crippen molar-refractivity contribution in [3.8, 4) is 0 Å². The maximum Gasteiger partial charge on any atom is 0.280 e. The van der Waals surface area contributed by atoms with Gasteiger partial charge in [-0.25, -0.2) is 5.10 Å². The molecule has 2 N–H and O–H groups in total. The van der Waals surface area contributed by atoms with Gasteiger partial charge in [0.2, 0.25) is 0 Å². The summed E-state index contributed by atoms with van der Waals surface area (Å²) >= 11 is 3.29. The first kappa shape index (κ1) is 12.6. The Kier molecular flexibility index (Phi) is 4.20. The maximum absolute atomic E-state index is 11.4. The Morgan fingerprint density at radius 3 is 2.82 bits per heavy atom. The van der Waals surface area contributed by atoms with Gasteiger partial charge in [0.05, 0.1) is 11.9 Å². The summed E-state index contributed by atoms with van der Waals surface area (Å²) in [6.07, 6.45) is 7.86. The molecular formula is C12H18BrN3O. The van der Waals surface area contributed by atoms with E-state index in [2.05, 4.69) is 38.4 Å². The molecule has 1 heterocycles. The Morgan fingerprint density at radius 1 is 1.47 bits per heavy atom. The van der Waals surface area contributed by atoms with E-state index in [1.807, 2.05) is 0 Å². The monoisotopic (exact) mass is 299 g/mol. The van der Waals surface area contributed by atoms with Crippen LogP contribution in [0.3, 0.4) is 0 Å².